The maximum atomic E-state index is 11.8. The number of hydrogen-bond donors (Lipinski definition) is 0. The van der Waals surface area contributed by atoms with Gasteiger partial charge in [0.15, 0.2) is 0 Å². The van der Waals surface area contributed by atoms with Gasteiger partial charge >= 0.3 is 0 Å². The average Bonchev–Trinajstić information content (AvgIpc) is 2.40. The third-order valence-electron chi connectivity index (χ3n) is 2.71. The van der Waals surface area contributed by atoms with Crippen LogP contribution in [0.3, 0.4) is 0 Å². The van der Waals surface area contributed by atoms with Crippen molar-refractivity contribution in [2.75, 3.05) is 0 Å². The molecule has 2 aromatic rings. The molecule has 2 rings (SSSR count). The summed E-state index contributed by atoms with van der Waals surface area (Å²) < 4.78 is 1.30. The first-order chi connectivity index (χ1) is 8.61. The van der Waals surface area contributed by atoms with Crippen LogP contribution in [0.4, 0.5) is 0 Å². The second-order valence-corrected chi connectivity index (χ2v) is 4.72. The van der Waals surface area contributed by atoms with Crippen LogP contribution in [0.2, 0.25) is 10.0 Å². The summed E-state index contributed by atoms with van der Waals surface area (Å²) in [5, 5.41) is 4.16. The summed E-state index contributed by atoms with van der Waals surface area (Å²) >= 11 is 11.5. The van der Waals surface area contributed by atoms with E-state index in [0.29, 0.717) is 6.54 Å². The molecule has 0 saturated carbocycles. The van der Waals surface area contributed by atoms with Gasteiger partial charge in [-0.3, -0.25) is 4.79 Å². The Morgan fingerprint density at radius 2 is 1.78 bits per heavy atom. The molecular formula is C13H12Cl2N2O. The number of hydrogen-bond acceptors (Lipinski definition) is 2. The van der Waals surface area contributed by atoms with Crippen LogP contribution in [0.5, 0.6) is 0 Å². The maximum absolute atomic E-state index is 11.8. The summed E-state index contributed by atoms with van der Waals surface area (Å²) in [6.07, 6.45) is 2.37. The minimum absolute atomic E-state index is 0.0110. The SMILES string of the molecule is CCc1ccc(Cn2ncc(Cl)c(Cl)c2=O)cc1. The van der Waals surface area contributed by atoms with E-state index in [1.807, 2.05) is 24.3 Å². The first-order valence-corrected chi connectivity index (χ1v) is 6.36. The van der Waals surface area contributed by atoms with Crippen molar-refractivity contribution in [2.45, 2.75) is 19.9 Å². The van der Waals surface area contributed by atoms with E-state index in [2.05, 4.69) is 12.0 Å². The molecule has 0 spiro atoms. The van der Waals surface area contributed by atoms with Crippen LogP contribution in [0.1, 0.15) is 18.1 Å². The molecule has 0 radical (unpaired) electrons. The smallest absolute Gasteiger partial charge is 0.266 e. The van der Waals surface area contributed by atoms with Crippen LogP contribution in [-0.4, -0.2) is 9.78 Å². The molecule has 5 heteroatoms. The number of rotatable bonds is 3. The number of nitrogens with zero attached hydrogens (tertiary/aromatic N) is 2. The zero-order valence-electron chi connectivity index (χ0n) is 9.86. The summed E-state index contributed by atoms with van der Waals surface area (Å²) in [4.78, 5) is 11.8. The van der Waals surface area contributed by atoms with Crippen molar-refractivity contribution in [3.8, 4) is 0 Å². The van der Waals surface area contributed by atoms with E-state index in [4.69, 9.17) is 23.2 Å². The van der Waals surface area contributed by atoms with E-state index in [0.717, 1.165) is 12.0 Å². The molecule has 0 fully saturated rings. The van der Waals surface area contributed by atoms with Gasteiger partial charge in [0, 0.05) is 0 Å². The number of aromatic nitrogens is 2. The number of halogens is 2. The molecule has 0 aliphatic heterocycles. The van der Waals surface area contributed by atoms with E-state index in [-0.39, 0.29) is 15.6 Å². The lowest BCUT2D eigenvalue weighted by Gasteiger charge is -2.06. The predicted octanol–water partition coefficient (Wildman–Crippen LogP) is 3.16. The maximum Gasteiger partial charge on any atom is 0.287 e. The topological polar surface area (TPSA) is 34.9 Å². The highest BCUT2D eigenvalue weighted by Crippen LogP contribution is 2.15. The van der Waals surface area contributed by atoms with Crippen molar-refractivity contribution >= 4 is 23.2 Å². The molecule has 0 amide bonds. The monoisotopic (exact) mass is 282 g/mol. The first kappa shape index (κ1) is 13.1. The van der Waals surface area contributed by atoms with Gasteiger partial charge in [-0.1, -0.05) is 54.4 Å². The van der Waals surface area contributed by atoms with Crippen LogP contribution in [0, 0.1) is 0 Å². The van der Waals surface area contributed by atoms with Crippen LogP contribution in [0.15, 0.2) is 35.3 Å². The second-order valence-electron chi connectivity index (χ2n) is 3.94. The molecule has 0 saturated heterocycles. The molecule has 0 unspecified atom stereocenters. The Bertz CT molecular complexity index is 605. The van der Waals surface area contributed by atoms with Crippen LogP contribution >= 0.6 is 23.2 Å². The largest absolute Gasteiger partial charge is 0.287 e. The average molecular weight is 283 g/mol. The normalized spacial score (nSPS) is 10.6. The fourth-order valence-corrected chi connectivity index (χ4v) is 1.88. The Kier molecular flexibility index (Phi) is 4.04. The number of benzene rings is 1. The van der Waals surface area contributed by atoms with E-state index in [9.17, 15) is 4.79 Å². The van der Waals surface area contributed by atoms with Crippen molar-refractivity contribution in [1.29, 1.82) is 0 Å². The third kappa shape index (κ3) is 2.74. The van der Waals surface area contributed by atoms with Gasteiger partial charge in [-0.15, -0.1) is 0 Å². The molecule has 0 aliphatic rings. The van der Waals surface area contributed by atoms with Gasteiger partial charge in [0.25, 0.3) is 5.56 Å². The lowest BCUT2D eigenvalue weighted by atomic mass is 10.1. The van der Waals surface area contributed by atoms with Crippen molar-refractivity contribution < 1.29 is 0 Å². The standard InChI is InChI=1S/C13H12Cl2N2O/c1-2-9-3-5-10(6-4-9)8-17-13(18)12(15)11(14)7-16-17/h3-7H,2,8H2,1H3. The molecule has 18 heavy (non-hydrogen) atoms. The third-order valence-corrected chi connectivity index (χ3v) is 3.45. The van der Waals surface area contributed by atoms with Gasteiger partial charge in [0.1, 0.15) is 5.02 Å². The molecule has 0 atom stereocenters. The van der Waals surface area contributed by atoms with Crippen molar-refractivity contribution in [3.05, 3.63) is 62.0 Å². The van der Waals surface area contributed by atoms with Crippen molar-refractivity contribution in [3.63, 3.8) is 0 Å². The van der Waals surface area contributed by atoms with Gasteiger partial charge in [-0.2, -0.15) is 5.10 Å². The summed E-state index contributed by atoms with van der Waals surface area (Å²) in [6.45, 7) is 2.49. The molecule has 0 aliphatic carbocycles. The molecule has 1 aromatic carbocycles. The molecule has 1 aromatic heterocycles. The molecule has 94 valence electrons. The quantitative estimate of drug-likeness (QED) is 0.867. The minimum Gasteiger partial charge on any atom is -0.266 e. The number of aryl methyl sites for hydroxylation is 1. The summed E-state index contributed by atoms with van der Waals surface area (Å²) in [6, 6.07) is 8.04. The van der Waals surface area contributed by atoms with E-state index in [1.54, 1.807) is 0 Å². The molecular weight excluding hydrogens is 271 g/mol. The summed E-state index contributed by atoms with van der Waals surface area (Å²) in [5.41, 5.74) is 1.89. The summed E-state index contributed by atoms with van der Waals surface area (Å²) in [5.74, 6) is 0. The first-order valence-electron chi connectivity index (χ1n) is 5.60. The Balaban J connectivity index is 2.28. The van der Waals surface area contributed by atoms with E-state index < -0.39 is 0 Å². The van der Waals surface area contributed by atoms with Gasteiger partial charge in [0.05, 0.1) is 17.8 Å². The Hall–Kier alpha value is -1.32. The lowest BCUT2D eigenvalue weighted by molar-refractivity contribution is 0.639. The molecule has 0 N–H and O–H groups in total. The summed E-state index contributed by atoms with van der Waals surface area (Å²) in [7, 11) is 0. The Morgan fingerprint density at radius 1 is 1.17 bits per heavy atom. The predicted molar refractivity (Wildman–Crippen MR) is 73.4 cm³/mol. The van der Waals surface area contributed by atoms with Crippen molar-refractivity contribution in [2.24, 2.45) is 0 Å². The Morgan fingerprint density at radius 3 is 2.39 bits per heavy atom. The molecule has 0 bridgehead atoms. The second kappa shape index (κ2) is 5.55. The minimum atomic E-state index is -0.372. The van der Waals surface area contributed by atoms with Gasteiger partial charge in [0.2, 0.25) is 0 Å². The highest BCUT2D eigenvalue weighted by atomic mass is 35.5. The van der Waals surface area contributed by atoms with Crippen LogP contribution < -0.4 is 5.56 Å². The van der Waals surface area contributed by atoms with E-state index >= 15 is 0 Å². The highest BCUT2D eigenvalue weighted by Gasteiger charge is 2.07. The fraction of sp³-hybridized carbons (Fsp3) is 0.231. The van der Waals surface area contributed by atoms with Crippen LogP contribution in [0.25, 0.3) is 0 Å². The van der Waals surface area contributed by atoms with E-state index in [1.165, 1.54) is 16.4 Å². The molecule has 3 nitrogen and oxygen atoms in total. The fourth-order valence-electron chi connectivity index (χ4n) is 1.61. The molecule has 1 heterocycles. The zero-order valence-corrected chi connectivity index (χ0v) is 11.4. The van der Waals surface area contributed by atoms with Crippen molar-refractivity contribution in [1.82, 2.24) is 9.78 Å². The Labute approximate surface area is 115 Å². The zero-order chi connectivity index (χ0) is 13.1. The van der Waals surface area contributed by atoms with Crippen LogP contribution in [-0.2, 0) is 13.0 Å². The van der Waals surface area contributed by atoms with Gasteiger partial charge < -0.3 is 0 Å². The van der Waals surface area contributed by atoms with Gasteiger partial charge in [-0.25, -0.2) is 4.68 Å². The highest BCUT2D eigenvalue weighted by molar-refractivity contribution is 6.41. The van der Waals surface area contributed by atoms with Gasteiger partial charge in [-0.05, 0) is 17.5 Å². The lowest BCUT2D eigenvalue weighted by Crippen LogP contribution is -2.23.